The predicted molar refractivity (Wildman–Crippen MR) is 127 cm³/mol. The van der Waals surface area contributed by atoms with Crippen LogP contribution >= 0.6 is 58.0 Å². The molecule has 0 spiro atoms. The Balaban J connectivity index is -0.000000179. The SMILES string of the molecule is O=C(CCl)NCCCCl.O=C(Cl)CCl.OCCCCl.[N-]=[N+]=NCCCOC(=O)CN=[N+]=[N-]. The molecule has 0 saturated heterocycles. The first-order valence-electron chi connectivity index (χ1n) is 8.78. The summed E-state index contributed by atoms with van der Waals surface area (Å²) < 4.78 is 4.60. The van der Waals surface area contributed by atoms with E-state index in [4.69, 9.17) is 74.2 Å². The van der Waals surface area contributed by atoms with E-state index in [0.717, 1.165) is 6.42 Å². The molecule has 0 bridgehead atoms. The number of amides is 1. The smallest absolute Gasteiger partial charge is 0.311 e. The number of alkyl halides is 4. The fourth-order valence-electron chi connectivity index (χ4n) is 0.903. The molecule has 0 aromatic carbocycles. The van der Waals surface area contributed by atoms with Crippen LogP contribution in [0.1, 0.15) is 19.3 Å². The fraction of sp³-hybridized carbons (Fsp3) is 0.800. The third-order valence-electron chi connectivity index (χ3n) is 2.14. The number of halogens is 5. The third-order valence-corrected chi connectivity index (χ3v) is 3.43. The topological polar surface area (TPSA) is 190 Å². The van der Waals surface area contributed by atoms with Crippen LogP contribution in [0, 0.1) is 0 Å². The Morgan fingerprint density at radius 2 is 1.50 bits per heavy atom. The average molecular weight is 562 g/mol. The maximum atomic E-state index is 10.6. The van der Waals surface area contributed by atoms with E-state index in [2.05, 4.69) is 30.1 Å². The Bertz CT molecular complexity index is 561. The molecule has 17 heteroatoms. The highest BCUT2D eigenvalue weighted by Gasteiger charge is 1.98. The molecule has 0 unspecified atom stereocenters. The summed E-state index contributed by atoms with van der Waals surface area (Å²) in [6.07, 6.45) is 1.97. The second kappa shape index (κ2) is 37.0. The molecule has 0 aromatic heterocycles. The van der Waals surface area contributed by atoms with E-state index < -0.39 is 11.2 Å². The zero-order chi connectivity index (χ0) is 25.5. The van der Waals surface area contributed by atoms with Crippen molar-refractivity contribution in [3.8, 4) is 0 Å². The maximum Gasteiger partial charge on any atom is 0.311 e. The van der Waals surface area contributed by atoms with Gasteiger partial charge in [0, 0.05) is 41.3 Å². The van der Waals surface area contributed by atoms with E-state index in [0.29, 0.717) is 31.1 Å². The molecule has 0 radical (unpaired) electrons. The number of aliphatic hydroxyl groups excluding tert-OH is 1. The largest absolute Gasteiger partial charge is 0.466 e. The minimum absolute atomic E-state index is 0.0300. The average Bonchev–Trinajstić information content (AvgIpc) is 2.79. The van der Waals surface area contributed by atoms with E-state index in [9.17, 15) is 14.4 Å². The Hall–Kier alpha value is -1.36. The van der Waals surface area contributed by atoms with E-state index in [1.54, 1.807) is 0 Å². The summed E-state index contributed by atoms with van der Waals surface area (Å²) in [4.78, 5) is 35.4. The van der Waals surface area contributed by atoms with Crippen molar-refractivity contribution in [3.63, 3.8) is 0 Å². The molecule has 0 saturated carbocycles. The van der Waals surface area contributed by atoms with Crippen molar-refractivity contribution in [1.82, 2.24) is 5.32 Å². The number of ether oxygens (including phenoxy) is 1. The molecule has 0 aliphatic carbocycles. The zero-order valence-electron chi connectivity index (χ0n) is 17.1. The summed E-state index contributed by atoms with van der Waals surface area (Å²) in [6, 6.07) is 0. The summed E-state index contributed by atoms with van der Waals surface area (Å²) in [5, 5.41) is 16.3. The number of rotatable bonds is 13. The van der Waals surface area contributed by atoms with Crippen LogP contribution in [0.2, 0.25) is 0 Å². The van der Waals surface area contributed by atoms with Gasteiger partial charge in [-0.1, -0.05) is 10.2 Å². The van der Waals surface area contributed by atoms with Gasteiger partial charge in [-0.05, 0) is 41.9 Å². The van der Waals surface area contributed by atoms with Crippen LogP contribution in [-0.4, -0.2) is 78.6 Å². The highest BCUT2D eigenvalue weighted by Crippen LogP contribution is 1.87. The molecule has 0 aromatic rings. The fourth-order valence-corrected chi connectivity index (χ4v) is 1.25. The van der Waals surface area contributed by atoms with Crippen molar-refractivity contribution in [3.05, 3.63) is 20.9 Å². The van der Waals surface area contributed by atoms with Gasteiger partial charge in [0.2, 0.25) is 11.1 Å². The van der Waals surface area contributed by atoms with E-state index >= 15 is 0 Å². The number of esters is 1. The van der Waals surface area contributed by atoms with Gasteiger partial charge in [0.25, 0.3) is 0 Å². The number of azide groups is 2. The van der Waals surface area contributed by atoms with E-state index in [-0.39, 0.29) is 44.0 Å². The van der Waals surface area contributed by atoms with Crippen LogP contribution in [0.3, 0.4) is 0 Å². The Morgan fingerprint density at radius 3 is 1.88 bits per heavy atom. The summed E-state index contributed by atoms with van der Waals surface area (Å²) in [7, 11) is 0. The molecule has 2 N–H and O–H groups in total. The minimum atomic E-state index is -0.585. The lowest BCUT2D eigenvalue weighted by Crippen LogP contribution is -2.25. The number of carbonyl (C=O) groups is 3. The molecule has 32 heavy (non-hydrogen) atoms. The highest BCUT2D eigenvalue weighted by molar-refractivity contribution is 6.67. The van der Waals surface area contributed by atoms with Crippen molar-refractivity contribution in [2.75, 3.05) is 56.4 Å². The first-order chi connectivity index (χ1) is 15.3. The number of hydrogen-bond acceptors (Lipinski definition) is 7. The molecule has 12 nitrogen and oxygen atoms in total. The standard InChI is InChI=1S/C5H9Cl2NO.C5H8N6O2.C3H7ClO.C2H2Cl2O/c6-2-1-3-8-5(9)4-7;6-10-8-2-1-3-13-5(12)4-9-11-7;4-2-1-3-5;3-1-2(4)5/h1-4H2,(H,8,9);1-4H2;5H,1-3H2;1H2. The van der Waals surface area contributed by atoms with Crippen molar-refractivity contribution in [1.29, 1.82) is 0 Å². The molecular formula is C15H26Cl5N7O5. The van der Waals surface area contributed by atoms with Crippen LogP contribution < -0.4 is 5.32 Å². The van der Waals surface area contributed by atoms with E-state index in [1.807, 2.05) is 0 Å². The number of carbonyl (C=O) groups excluding carboxylic acids is 3. The first kappa shape index (κ1) is 37.9. The molecule has 0 aliphatic heterocycles. The molecular weight excluding hydrogens is 535 g/mol. The van der Waals surface area contributed by atoms with Gasteiger partial charge < -0.3 is 15.2 Å². The quantitative estimate of drug-likeness (QED) is 0.0649. The monoisotopic (exact) mass is 559 g/mol. The van der Waals surface area contributed by atoms with Gasteiger partial charge in [0.1, 0.15) is 12.4 Å². The third kappa shape index (κ3) is 51.4. The Labute approximate surface area is 211 Å². The van der Waals surface area contributed by atoms with Crippen LogP contribution in [0.15, 0.2) is 10.2 Å². The molecule has 186 valence electrons. The maximum absolute atomic E-state index is 10.6. The van der Waals surface area contributed by atoms with Crippen molar-refractivity contribution < 1.29 is 24.2 Å². The Morgan fingerprint density at radius 1 is 0.938 bits per heavy atom. The molecule has 0 rings (SSSR count). The van der Waals surface area contributed by atoms with Crippen molar-refractivity contribution >= 4 is 75.1 Å². The molecule has 1 amide bonds. The molecule has 0 fully saturated rings. The Kier molecular flexibility index (Phi) is 43.8. The molecule has 0 heterocycles. The number of nitrogens with zero attached hydrogens (tertiary/aromatic N) is 6. The van der Waals surface area contributed by atoms with Gasteiger partial charge in [0.15, 0.2) is 0 Å². The number of hydrogen-bond donors (Lipinski definition) is 2. The zero-order valence-corrected chi connectivity index (χ0v) is 20.9. The summed E-state index contributed by atoms with van der Waals surface area (Å²) in [5.74, 6) is 0.351. The molecule has 0 atom stereocenters. The van der Waals surface area contributed by atoms with Gasteiger partial charge >= 0.3 is 5.97 Å². The van der Waals surface area contributed by atoms with Gasteiger partial charge in [0.05, 0.1) is 12.5 Å². The summed E-state index contributed by atoms with van der Waals surface area (Å²) in [6.45, 7) is 0.973. The first-order valence-corrected chi connectivity index (χ1v) is 11.3. The summed E-state index contributed by atoms with van der Waals surface area (Å²) >= 11 is 25.2. The van der Waals surface area contributed by atoms with Crippen LogP contribution in [0.25, 0.3) is 20.9 Å². The second-order valence-electron chi connectivity index (χ2n) is 4.70. The predicted octanol–water partition coefficient (Wildman–Crippen LogP) is 4.11. The normalized spacial score (nSPS) is 8.31. The van der Waals surface area contributed by atoms with Crippen LogP contribution in [-0.2, 0) is 19.1 Å². The number of nitrogens with one attached hydrogen (secondary N) is 1. The highest BCUT2D eigenvalue weighted by atomic mass is 35.5. The van der Waals surface area contributed by atoms with Gasteiger partial charge in [-0.3, -0.25) is 14.4 Å². The minimum Gasteiger partial charge on any atom is -0.466 e. The lowest BCUT2D eigenvalue weighted by atomic mass is 10.5. The second-order valence-corrected chi connectivity index (χ2v) is 6.41. The van der Waals surface area contributed by atoms with Gasteiger partial charge in [-0.25, -0.2) is 0 Å². The van der Waals surface area contributed by atoms with Crippen LogP contribution in [0.4, 0.5) is 0 Å². The lowest BCUT2D eigenvalue weighted by molar-refractivity contribution is -0.141. The van der Waals surface area contributed by atoms with Crippen LogP contribution in [0.5, 0.6) is 0 Å². The number of aliphatic hydroxyl groups is 1. The van der Waals surface area contributed by atoms with Crippen molar-refractivity contribution in [2.45, 2.75) is 19.3 Å². The van der Waals surface area contributed by atoms with Gasteiger partial charge in [-0.2, -0.15) is 0 Å². The van der Waals surface area contributed by atoms with Crippen molar-refractivity contribution in [2.24, 2.45) is 10.2 Å². The van der Waals surface area contributed by atoms with E-state index in [1.165, 1.54) is 0 Å². The molecule has 0 aliphatic rings. The summed E-state index contributed by atoms with van der Waals surface area (Å²) in [5.41, 5.74) is 15.7. The lowest BCUT2D eigenvalue weighted by Gasteiger charge is -1.99. The van der Waals surface area contributed by atoms with Gasteiger partial charge in [-0.15, -0.1) is 46.4 Å².